The molecule has 1 atom stereocenters. The molecule has 1 aromatic rings. The molecule has 0 radical (unpaired) electrons. The molecule has 0 amide bonds. The molecule has 3 heteroatoms. The van der Waals surface area contributed by atoms with E-state index >= 15 is 0 Å². The van der Waals surface area contributed by atoms with Crippen molar-refractivity contribution in [2.75, 3.05) is 13.1 Å². The summed E-state index contributed by atoms with van der Waals surface area (Å²) in [7, 11) is 0. The first-order valence-corrected chi connectivity index (χ1v) is 7.55. The molecule has 1 unspecified atom stereocenters. The van der Waals surface area contributed by atoms with Gasteiger partial charge in [0.1, 0.15) is 0 Å². The van der Waals surface area contributed by atoms with Gasteiger partial charge in [0, 0.05) is 22.9 Å². The number of nitrogens with one attached hydrogen (secondary N) is 1. The van der Waals surface area contributed by atoms with Crippen molar-refractivity contribution in [3.8, 4) is 0 Å². The Morgan fingerprint density at radius 1 is 1.39 bits per heavy atom. The summed E-state index contributed by atoms with van der Waals surface area (Å²) in [6.07, 6.45) is 4.07. The number of hydrogen-bond acceptors (Lipinski definition) is 2. The van der Waals surface area contributed by atoms with E-state index < -0.39 is 0 Å². The van der Waals surface area contributed by atoms with Crippen LogP contribution in [0.15, 0.2) is 22.8 Å². The molecule has 0 saturated carbocycles. The van der Waals surface area contributed by atoms with Crippen LogP contribution < -0.4 is 5.32 Å². The molecular formula is C15H25BrN2. The van der Waals surface area contributed by atoms with Crippen molar-refractivity contribution in [1.82, 2.24) is 10.3 Å². The van der Waals surface area contributed by atoms with Crippen molar-refractivity contribution < 1.29 is 0 Å². The van der Waals surface area contributed by atoms with Crippen molar-refractivity contribution >= 4 is 15.9 Å². The fourth-order valence-corrected chi connectivity index (χ4v) is 2.16. The highest BCUT2D eigenvalue weighted by atomic mass is 79.9. The van der Waals surface area contributed by atoms with E-state index in [1.165, 1.54) is 5.69 Å². The average Bonchev–Trinajstić information content (AvgIpc) is 2.32. The summed E-state index contributed by atoms with van der Waals surface area (Å²) in [4.78, 5) is 4.48. The largest absolute Gasteiger partial charge is 0.316 e. The van der Waals surface area contributed by atoms with Crippen molar-refractivity contribution in [2.45, 2.75) is 40.5 Å². The minimum Gasteiger partial charge on any atom is -0.316 e. The Balaban J connectivity index is 2.55. The van der Waals surface area contributed by atoms with Gasteiger partial charge in [-0.25, -0.2) is 0 Å². The number of aromatic nitrogens is 1. The van der Waals surface area contributed by atoms with Gasteiger partial charge in [-0.2, -0.15) is 0 Å². The van der Waals surface area contributed by atoms with Crippen LogP contribution in [0.1, 0.15) is 39.8 Å². The standard InChI is InChI=1S/C15H25BrN2/c1-5-15(4,11-17-9-12(2)3)8-14-7-6-13(16)10-18-14/h6-7,10,12,17H,5,8-9,11H2,1-4H3. The zero-order valence-electron chi connectivity index (χ0n) is 12.0. The molecule has 1 rings (SSSR count). The van der Waals surface area contributed by atoms with Gasteiger partial charge in [0.05, 0.1) is 0 Å². The van der Waals surface area contributed by atoms with E-state index in [1.807, 2.05) is 6.20 Å². The van der Waals surface area contributed by atoms with Gasteiger partial charge in [-0.1, -0.05) is 27.7 Å². The Hall–Kier alpha value is -0.410. The summed E-state index contributed by atoms with van der Waals surface area (Å²) < 4.78 is 1.04. The van der Waals surface area contributed by atoms with Crippen LogP contribution in [0.2, 0.25) is 0 Å². The van der Waals surface area contributed by atoms with Crippen LogP contribution in [0, 0.1) is 11.3 Å². The highest BCUT2D eigenvalue weighted by molar-refractivity contribution is 9.10. The molecule has 0 spiro atoms. The Bertz CT molecular complexity index is 348. The van der Waals surface area contributed by atoms with E-state index in [1.54, 1.807) is 0 Å². The Morgan fingerprint density at radius 3 is 2.61 bits per heavy atom. The second kappa shape index (κ2) is 7.25. The van der Waals surface area contributed by atoms with Crippen LogP contribution in [-0.4, -0.2) is 18.1 Å². The maximum Gasteiger partial charge on any atom is 0.0413 e. The van der Waals surface area contributed by atoms with Crippen molar-refractivity contribution in [2.24, 2.45) is 11.3 Å². The molecule has 0 aliphatic heterocycles. The lowest BCUT2D eigenvalue weighted by Crippen LogP contribution is -2.35. The van der Waals surface area contributed by atoms with E-state index in [4.69, 9.17) is 0 Å². The smallest absolute Gasteiger partial charge is 0.0413 e. The highest BCUT2D eigenvalue weighted by Crippen LogP contribution is 2.25. The minimum absolute atomic E-state index is 0.287. The van der Waals surface area contributed by atoms with Gasteiger partial charge in [-0.05, 0) is 58.8 Å². The minimum atomic E-state index is 0.287. The van der Waals surface area contributed by atoms with Gasteiger partial charge in [0.15, 0.2) is 0 Å². The summed E-state index contributed by atoms with van der Waals surface area (Å²) in [5.74, 6) is 0.705. The van der Waals surface area contributed by atoms with E-state index in [0.29, 0.717) is 5.92 Å². The molecule has 0 bridgehead atoms. The fraction of sp³-hybridized carbons (Fsp3) is 0.667. The van der Waals surface area contributed by atoms with Crippen LogP contribution in [0.5, 0.6) is 0 Å². The van der Waals surface area contributed by atoms with E-state index in [9.17, 15) is 0 Å². The van der Waals surface area contributed by atoms with Gasteiger partial charge in [0.2, 0.25) is 0 Å². The van der Waals surface area contributed by atoms with Crippen molar-refractivity contribution in [3.05, 3.63) is 28.5 Å². The molecule has 102 valence electrons. The van der Waals surface area contributed by atoms with E-state index in [-0.39, 0.29) is 5.41 Å². The predicted molar refractivity (Wildman–Crippen MR) is 81.7 cm³/mol. The SMILES string of the molecule is CCC(C)(CNCC(C)C)Cc1ccc(Br)cn1. The molecule has 1 N–H and O–H groups in total. The average molecular weight is 313 g/mol. The molecular weight excluding hydrogens is 288 g/mol. The van der Waals surface area contributed by atoms with Gasteiger partial charge in [-0.15, -0.1) is 0 Å². The third-order valence-corrected chi connectivity index (χ3v) is 3.82. The lowest BCUT2D eigenvalue weighted by molar-refractivity contribution is 0.282. The topological polar surface area (TPSA) is 24.9 Å². The Labute approximate surface area is 120 Å². The number of halogens is 1. The summed E-state index contributed by atoms with van der Waals surface area (Å²) in [5, 5.41) is 3.57. The Morgan fingerprint density at radius 2 is 2.11 bits per heavy atom. The fourth-order valence-electron chi connectivity index (χ4n) is 1.92. The van der Waals surface area contributed by atoms with Crippen LogP contribution in [0.4, 0.5) is 0 Å². The van der Waals surface area contributed by atoms with E-state index in [2.05, 4.69) is 66.1 Å². The third-order valence-electron chi connectivity index (χ3n) is 3.35. The monoisotopic (exact) mass is 312 g/mol. The summed E-state index contributed by atoms with van der Waals surface area (Å²) in [6, 6.07) is 4.18. The maximum atomic E-state index is 4.48. The second-order valence-corrected chi connectivity index (χ2v) is 6.75. The molecule has 1 aromatic heterocycles. The normalized spacial score (nSPS) is 14.8. The summed E-state index contributed by atoms with van der Waals surface area (Å²) >= 11 is 3.43. The van der Waals surface area contributed by atoms with Crippen molar-refractivity contribution in [1.29, 1.82) is 0 Å². The maximum absolute atomic E-state index is 4.48. The molecule has 2 nitrogen and oxygen atoms in total. The van der Waals surface area contributed by atoms with Crippen LogP contribution in [-0.2, 0) is 6.42 Å². The van der Waals surface area contributed by atoms with Gasteiger partial charge in [-0.3, -0.25) is 4.98 Å². The molecule has 0 aliphatic rings. The molecule has 0 aliphatic carbocycles. The van der Waals surface area contributed by atoms with Gasteiger partial charge >= 0.3 is 0 Å². The molecule has 0 fully saturated rings. The zero-order valence-corrected chi connectivity index (χ0v) is 13.5. The molecule has 0 saturated heterocycles. The molecule has 0 aromatic carbocycles. The third kappa shape index (κ3) is 5.49. The molecule has 1 heterocycles. The first-order chi connectivity index (χ1) is 8.45. The predicted octanol–water partition coefficient (Wildman–Crippen LogP) is 4.05. The lowest BCUT2D eigenvalue weighted by atomic mass is 9.82. The summed E-state index contributed by atoms with van der Waals surface area (Å²) in [5.41, 5.74) is 1.46. The first-order valence-electron chi connectivity index (χ1n) is 6.76. The number of hydrogen-bond donors (Lipinski definition) is 1. The summed E-state index contributed by atoms with van der Waals surface area (Å²) in [6.45, 7) is 11.2. The van der Waals surface area contributed by atoms with Gasteiger partial charge in [0.25, 0.3) is 0 Å². The number of pyridine rings is 1. The van der Waals surface area contributed by atoms with Crippen LogP contribution in [0.3, 0.4) is 0 Å². The van der Waals surface area contributed by atoms with Crippen LogP contribution in [0.25, 0.3) is 0 Å². The van der Waals surface area contributed by atoms with Crippen LogP contribution >= 0.6 is 15.9 Å². The molecule has 18 heavy (non-hydrogen) atoms. The van der Waals surface area contributed by atoms with Crippen molar-refractivity contribution in [3.63, 3.8) is 0 Å². The highest BCUT2D eigenvalue weighted by Gasteiger charge is 2.22. The second-order valence-electron chi connectivity index (χ2n) is 5.83. The first kappa shape index (κ1) is 15.6. The lowest BCUT2D eigenvalue weighted by Gasteiger charge is -2.29. The Kier molecular flexibility index (Phi) is 6.30. The number of nitrogens with zero attached hydrogens (tertiary/aromatic N) is 1. The van der Waals surface area contributed by atoms with Gasteiger partial charge < -0.3 is 5.32 Å². The van der Waals surface area contributed by atoms with E-state index in [0.717, 1.165) is 30.4 Å². The quantitative estimate of drug-likeness (QED) is 0.821. The zero-order chi connectivity index (χ0) is 13.6. The number of rotatable bonds is 7.